The van der Waals surface area contributed by atoms with Crippen LogP contribution in [0.1, 0.15) is 23.7 Å². The molecule has 2 amide bonds. The van der Waals surface area contributed by atoms with Crippen LogP contribution >= 0.6 is 11.8 Å². The van der Waals surface area contributed by atoms with Crippen molar-refractivity contribution in [2.45, 2.75) is 18.6 Å². The number of carboxylic acid groups (broad SMARTS) is 1. The zero-order valence-electron chi connectivity index (χ0n) is 12.4. The zero-order chi connectivity index (χ0) is 17.0. The number of carboxylic acids is 1. The first kappa shape index (κ1) is 17.0. The summed E-state index contributed by atoms with van der Waals surface area (Å²) >= 11 is 1.05. The third-order valence-electron chi connectivity index (χ3n) is 3.16. The molecule has 0 aliphatic carbocycles. The molecule has 7 nitrogen and oxygen atoms in total. The minimum absolute atomic E-state index is 0.00859. The van der Waals surface area contributed by atoms with Gasteiger partial charge in [0, 0.05) is 6.42 Å². The van der Waals surface area contributed by atoms with Gasteiger partial charge in [0.15, 0.2) is 0 Å². The number of imide groups is 1. The van der Waals surface area contributed by atoms with Crippen LogP contribution in [0.25, 0.3) is 0 Å². The maximum absolute atomic E-state index is 12.4. The summed E-state index contributed by atoms with van der Waals surface area (Å²) in [6.45, 7) is 1.94. The number of esters is 1. The maximum atomic E-state index is 12.4. The molecule has 1 N–H and O–H groups in total. The summed E-state index contributed by atoms with van der Waals surface area (Å²) in [6.07, 6.45) is -0.0276. The van der Waals surface area contributed by atoms with E-state index >= 15 is 0 Å². The molecule has 1 aliphatic rings. The van der Waals surface area contributed by atoms with E-state index in [-0.39, 0.29) is 30.0 Å². The fourth-order valence-corrected chi connectivity index (χ4v) is 3.08. The number of benzene rings is 1. The molecule has 23 heavy (non-hydrogen) atoms. The number of hydrogen-bond donors (Lipinski definition) is 1. The number of carbonyl (C=O) groups excluding carboxylic acids is 3. The van der Waals surface area contributed by atoms with Crippen molar-refractivity contribution in [3.8, 4) is 0 Å². The van der Waals surface area contributed by atoms with Crippen LogP contribution in [0.3, 0.4) is 0 Å². The molecule has 0 aromatic heterocycles. The van der Waals surface area contributed by atoms with Crippen LogP contribution in [-0.4, -0.2) is 46.5 Å². The highest BCUT2D eigenvalue weighted by Gasteiger charge is 2.40. The number of carbonyl (C=O) groups is 4. The molecule has 1 atom stereocenters. The minimum Gasteiger partial charge on any atom is -0.478 e. The third-order valence-corrected chi connectivity index (χ3v) is 4.34. The van der Waals surface area contributed by atoms with Gasteiger partial charge in [0.25, 0.3) is 0 Å². The lowest BCUT2D eigenvalue weighted by Crippen LogP contribution is -2.31. The Morgan fingerprint density at radius 2 is 2.13 bits per heavy atom. The van der Waals surface area contributed by atoms with Crippen molar-refractivity contribution in [3.05, 3.63) is 29.8 Å². The van der Waals surface area contributed by atoms with E-state index < -0.39 is 29.0 Å². The van der Waals surface area contributed by atoms with Gasteiger partial charge in [-0.25, -0.2) is 9.69 Å². The molecule has 0 radical (unpaired) electrons. The molecule has 1 saturated heterocycles. The largest absolute Gasteiger partial charge is 0.478 e. The minimum atomic E-state index is -1.14. The molecule has 0 saturated carbocycles. The number of rotatable bonds is 6. The first-order chi connectivity index (χ1) is 10.9. The lowest BCUT2D eigenvalue weighted by Gasteiger charge is -2.15. The van der Waals surface area contributed by atoms with Crippen molar-refractivity contribution in [3.63, 3.8) is 0 Å². The number of hydrogen-bond acceptors (Lipinski definition) is 6. The monoisotopic (exact) mass is 337 g/mol. The van der Waals surface area contributed by atoms with Crippen LogP contribution in [0.4, 0.5) is 5.69 Å². The van der Waals surface area contributed by atoms with E-state index in [4.69, 9.17) is 9.84 Å². The highest BCUT2D eigenvalue weighted by atomic mass is 32.2. The van der Waals surface area contributed by atoms with Gasteiger partial charge in [-0.15, -0.1) is 11.8 Å². The van der Waals surface area contributed by atoms with Crippen molar-refractivity contribution in [2.75, 3.05) is 17.3 Å². The maximum Gasteiger partial charge on any atom is 0.335 e. The SMILES string of the molecule is CCOC(=O)CS[C@@H]1CC(=O)N(c2cccc(C(=O)O)c2)C1=O. The number of ether oxygens (including phenoxy) is 1. The molecular weight excluding hydrogens is 322 g/mol. The third kappa shape index (κ3) is 3.89. The second-order valence-electron chi connectivity index (χ2n) is 4.73. The van der Waals surface area contributed by atoms with Crippen molar-refractivity contribution in [1.82, 2.24) is 0 Å². The average Bonchev–Trinajstić information content (AvgIpc) is 2.80. The molecule has 122 valence electrons. The number of amides is 2. The van der Waals surface area contributed by atoms with Crippen LogP contribution in [0, 0.1) is 0 Å². The smallest absolute Gasteiger partial charge is 0.335 e. The molecule has 0 unspecified atom stereocenters. The highest BCUT2D eigenvalue weighted by molar-refractivity contribution is 8.01. The Labute approximate surface area is 136 Å². The van der Waals surface area contributed by atoms with Crippen LogP contribution in [0.15, 0.2) is 24.3 Å². The number of aromatic carboxylic acids is 1. The predicted octanol–water partition coefficient (Wildman–Crippen LogP) is 1.31. The van der Waals surface area contributed by atoms with Crippen molar-refractivity contribution < 1.29 is 29.0 Å². The highest BCUT2D eigenvalue weighted by Crippen LogP contribution is 2.30. The van der Waals surface area contributed by atoms with Crippen molar-refractivity contribution in [1.29, 1.82) is 0 Å². The van der Waals surface area contributed by atoms with Gasteiger partial charge in [-0.05, 0) is 25.1 Å². The molecule has 0 spiro atoms. The van der Waals surface area contributed by atoms with E-state index in [1.165, 1.54) is 24.3 Å². The molecule has 2 rings (SSSR count). The molecule has 1 fully saturated rings. The van der Waals surface area contributed by atoms with E-state index in [1.54, 1.807) is 6.92 Å². The van der Waals surface area contributed by atoms with Crippen molar-refractivity contribution >= 4 is 41.2 Å². The first-order valence-corrected chi connectivity index (χ1v) is 7.96. The summed E-state index contributed by atoms with van der Waals surface area (Å²) in [6, 6.07) is 5.62. The quantitative estimate of drug-likeness (QED) is 0.617. The second kappa shape index (κ2) is 7.28. The van der Waals surface area contributed by atoms with Crippen molar-refractivity contribution in [2.24, 2.45) is 0 Å². The summed E-state index contributed by atoms with van der Waals surface area (Å²) in [5.74, 6) is -2.46. The van der Waals surface area contributed by atoms with Crippen LogP contribution < -0.4 is 4.90 Å². The Hall–Kier alpha value is -2.35. The fraction of sp³-hybridized carbons (Fsp3) is 0.333. The van der Waals surface area contributed by atoms with Crippen LogP contribution in [0.2, 0.25) is 0 Å². The van der Waals surface area contributed by atoms with Gasteiger partial charge in [0.05, 0.1) is 28.9 Å². The molecule has 1 aliphatic heterocycles. The van der Waals surface area contributed by atoms with Crippen LogP contribution in [0.5, 0.6) is 0 Å². The van der Waals surface area contributed by atoms with E-state index in [0.29, 0.717) is 0 Å². The molecule has 1 heterocycles. The normalized spacial score (nSPS) is 17.4. The van der Waals surface area contributed by atoms with Crippen LogP contribution in [-0.2, 0) is 19.1 Å². The molecule has 1 aromatic rings. The van der Waals surface area contributed by atoms with Gasteiger partial charge < -0.3 is 9.84 Å². The predicted molar refractivity (Wildman–Crippen MR) is 83.4 cm³/mol. The summed E-state index contributed by atoms with van der Waals surface area (Å²) in [5.41, 5.74) is 0.213. The summed E-state index contributed by atoms with van der Waals surface area (Å²) in [4.78, 5) is 47.7. The van der Waals surface area contributed by atoms with Gasteiger partial charge in [-0.3, -0.25) is 14.4 Å². The lowest BCUT2D eigenvalue weighted by atomic mass is 10.2. The summed E-state index contributed by atoms with van der Waals surface area (Å²) < 4.78 is 4.78. The number of nitrogens with zero attached hydrogens (tertiary/aromatic N) is 1. The number of anilines is 1. The second-order valence-corrected chi connectivity index (χ2v) is 5.92. The van der Waals surface area contributed by atoms with Gasteiger partial charge in [-0.1, -0.05) is 6.07 Å². The summed E-state index contributed by atoms with van der Waals surface area (Å²) in [5, 5.41) is 8.32. The van der Waals surface area contributed by atoms with E-state index in [2.05, 4.69) is 0 Å². The van der Waals surface area contributed by atoms with Gasteiger partial charge >= 0.3 is 11.9 Å². The Balaban J connectivity index is 2.11. The lowest BCUT2D eigenvalue weighted by molar-refractivity contribution is -0.139. The standard InChI is InChI=1S/C15H15NO6S/c1-2-22-13(18)8-23-11-7-12(17)16(14(11)19)10-5-3-4-9(6-10)15(20)21/h3-6,11H,2,7-8H2,1H3,(H,20,21)/t11-/m1/s1. The molecular formula is C15H15NO6S. The fourth-order valence-electron chi connectivity index (χ4n) is 2.15. The Morgan fingerprint density at radius 3 is 2.78 bits per heavy atom. The van der Waals surface area contributed by atoms with E-state index in [1.807, 2.05) is 0 Å². The molecule has 8 heteroatoms. The average molecular weight is 337 g/mol. The van der Waals surface area contributed by atoms with Gasteiger partial charge in [-0.2, -0.15) is 0 Å². The van der Waals surface area contributed by atoms with E-state index in [0.717, 1.165) is 16.7 Å². The Morgan fingerprint density at radius 1 is 1.39 bits per heavy atom. The van der Waals surface area contributed by atoms with Gasteiger partial charge in [0.2, 0.25) is 11.8 Å². The topological polar surface area (TPSA) is 101 Å². The van der Waals surface area contributed by atoms with Gasteiger partial charge in [0.1, 0.15) is 0 Å². The molecule has 0 bridgehead atoms. The zero-order valence-corrected chi connectivity index (χ0v) is 13.2. The first-order valence-electron chi connectivity index (χ1n) is 6.91. The Bertz CT molecular complexity index is 659. The Kier molecular flexibility index (Phi) is 5.38. The summed E-state index contributed by atoms with van der Waals surface area (Å²) in [7, 11) is 0. The molecule has 1 aromatic carbocycles. The van der Waals surface area contributed by atoms with E-state index in [9.17, 15) is 19.2 Å². The number of thioether (sulfide) groups is 1.